The number of likely N-dealkylation sites (N-methyl/N-ethyl adjacent to an activating group) is 1. The van der Waals surface area contributed by atoms with Gasteiger partial charge in [0.25, 0.3) is 0 Å². The summed E-state index contributed by atoms with van der Waals surface area (Å²) in [4.78, 5) is 2.31. The predicted octanol–water partition coefficient (Wildman–Crippen LogP) is 1.18. The molecule has 1 atom stereocenters. The number of hydrogen-bond acceptors (Lipinski definition) is 3. The molecule has 0 bridgehead atoms. The van der Waals surface area contributed by atoms with Gasteiger partial charge in [0.15, 0.2) is 0 Å². The van der Waals surface area contributed by atoms with E-state index in [1.54, 1.807) is 7.11 Å². The fraction of sp³-hybridized carbons (Fsp3) is 0.500. The molecule has 2 rings (SSSR count). The third-order valence-corrected chi connectivity index (χ3v) is 3.20. The summed E-state index contributed by atoms with van der Waals surface area (Å²) in [6.07, 6.45) is 1.10. The van der Waals surface area contributed by atoms with Crippen molar-refractivity contribution in [2.45, 2.75) is 12.5 Å². The summed E-state index contributed by atoms with van der Waals surface area (Å²) in [5, 5.41) is 0. The Labute approximate surface area is 90.8 Å². The van der Waals surface area contributed by atoms with Crippen molar-refractivity contribution in [3.05, 3.63) is 29.3 Å². The summed E-state index contributed by atoms with van der Waals surface area (Å²) in [5.41, 5.74) is 8.55. The van der Waals surface area contributed by atoms with Gasteiger partial charge in [-0.05, 0) is 36.7 Å². The van der Waals surface area contributed by atoms with Gasteiger partial charge in [-0.2, -0.15) is 0 Å². The average molecular weight is 206 g/mol. The van der Waals surface area contributed by atoms with Gasteiger partial charge in [-0.15, -0.1) is 0 Å². The zero-order valence-electron chi connectivity index (χ0n) is 9.36. The third-order valence-electron chi connectivity index (χ3n) is 3.20. The van der Waals surface area contributed by atoms with Gasteiger partial charge in [0.1, 0.15) is 5.75 Å². The van der Waals surface area contributed by atoms with Gasteiger partial charge < -0.3 is 10.5 Å². The molecule has 0 fully saturated rings. The zero-order valence-corrected chi connectivity index (χ0v) is 9.36. The molecule has 0 spiro atoms. The first-order valence-corrected chi connectivity index (χ1v) is 5.33. The van der Waals surface area contributed by atoms with Crippen molar-refractivity contribution < 1.29 is 4.74 Å². The van der Waals surface area contributed by atoms with Crippen molar-refractivity contribution in [1.29, 1.82) is 0 Å². The minimum atomic E-state index is 0.337. The molecule has 0 saturated carbocycles. The van der Waals surface area contributed by atoms with Crippen molar-refractivity contribution in [2.75, 3.05) is 27.2 Å². The van der Waals surface area contributed by atoms with Gasteiger partial charge in [-0.3, -0.25) is 4.90 Å². The molecule has 0 saturated heterocycles. The highest BCUT2D eigenvalue weighted by Gasteiger charge is 2.23. The van der Waals surface area contributed by atoms with Crippen LogP contribution in [0.4, 0.5) is 0 Å². The van der Waals surface area contributed by atoms with E-state index in [9.17, 15) is 0 Å². The molecule has 1 aromatic carbocycles. The van der Waals surface area contributed by atoms with E-state index in [-0.39, 0.29) is 0 Å². The van der Waals surface area contributed by atoms with Gasteiger partial charge in [0.2, 0.25) is 0 Å². The van der Waals surface area contributed by atoms with Crippen molar-refractivity contribution in [2.24, 2.45) is 5.73 Å². The highest BCUT2D eigenvalue weighted by atomic mass is 16.5. The molecule has 2 N–H and O–H groups in total. The van der Waals surface area contributed by atoms with Crippen molar-refractivity contribution in [3.63, 3.8) is 0 Å². The first kappa shape index (κ1) is 10.5. The highest BCUT2D eigenvalue weighted by Crippen LogP contribution is 2.30. The lowest BCUT2D eigenvalue weighted by Crippen LogP contribution is -2.36. The Morgan fingerprint density at radius 1 is 1.53 bits per heavy atom. The lowest BCUT2D eigenvalue weighted by molar-refractivity contribution is 0.235. The number of rotatable bonds is 2. The largest absolute Gasteiger partial charge is 0.497 e. The summed E-state index contributed by atoms with van der Waals surface area (Å²) in [5.74, 6) is 0.919. The molecule has 0 aromatic heterocycles. The second kappa shape index (κ2) is 4.21. The summed E-state index contributed by atoms with van der Waals surface area (Å²) < 4.78 is 5.25. The third kappa shape index (κ3) is 1.85. The molecule has 82 valence electrons. The second-order valence-electron chi connectivity index (χ2n) is 4.05. The van der Waals surface area contributed by atoms with E-state index in [1.807, 2.05) is 6.07 Å². The molecule has 0 radical (unpaired) electrons. The van der Waals surface area contributed by atoms with Gasteiger partial charge in [0.05, 0.1) is 7.11 Å². The highest BCUT2D eigenvalue weighted by molar-refractivity contribution is 5.39. The summed E-state index contributed by atoms with van der Waals surface area (Å²) in [6.45, 7) is 1.75. The van der Waals surface area contributed by atoms with Crippen LogP contribution in [0.2, 0.25) is 0 Å². The molecule has 1 aromatic rings. The quantitative estimate of drug-likeness (QED) is 0.789. The maximum Gasteiger partial charge on any atom is 0.119 e. The first-order valence-electron chi connectivity index (χ1n) is 5.33. The smallest absolute Gasteiger partial charge is 0.119 e. The van der Waals surface area contributed by atoms with Crippen molar-refractivity contribution in [1.82, 2.24) is 4.90 Å². The maximum absolute atomic E-state index is 5.82. The Bertz CT molecular complexity index is 351. The Balaban J connectivity index is 2.41. The molecule has 1 aliphatic rings. The topological polar surface area (TPSA) is 38.5 Å². The molecule has 1 unspecified atom stereocenters. The van der Waals surface area contributed by atoms with Gasteiger partial charge in [-0.25, -0.2) is 0 Å². The minimum absolute atomic E-state index is 0.337. The normalized spacial score (nSPS) is 21.1. The van der Waals surface area contributed by atoms with Crippen LogP contribution in [0.15, 0.2) is 18.2 Å². The van der Waals surface area contributed by atoms with Gasteiger partial charge in [-0.1, -0.05) is 6.07 Å². The fourth-order valence-corrected chi connectivity index (χ4v) is 2.23. The number of methoxy groups -OCH3 is 1. The molecule has 3 heteroatoms. The number of fused-ring (bicyclic) bond motifs is 1. The number of nitrogens with two attached hydrogens (primary N) is 1. The Morgan fingerprint density at radius 2 is 2.33 bits per heavy atom. The van der Waals surface area contributed by atoms with E-state index < -0.39 is 0 Å². The molecule has 3 nitrogen and oxygen atoms in total. The van der Waals surface area contributed by atoms with E-state index >= 15 is 0 Å². The van der Waals surface area contributed by atoms with Crippen LogP contribution in [0.3, 0.4) is 0 Å². The van der Waals surface area contributed by atoms with Crippen molar-refractivity contribution in [3.8, 4) is 5.75 Å². The molecule has 15 heavy (non-hydrogen) atoms. The molecule has 1 aliphatic heterocycles. The van der Waals surface area contributed by atoms with E-state index in [1.165, 1.54) is 11.1 Å². The monoisotopic (exact) mass is 206 g/mol. The Morgan fingerprint density at radius 3 is 3.00 bits per heavy atom. The van der Waals surface area contributed by atoms with Crippen molar-refractivity contribution >= 4 is 0 Å². The number of nitrogens with zero attached hydrogens (tertiary/aromatic N) is 1. The lowest BCUT2D eigenvalue weighted by Gasteiger charge is -2.33. The number of hydrogen-bond donors (Lipinski definition) is 1. The van der Waals surface area contributed by atoms with E-state index in [4.69, 9.17) is 10.5 Å². The minimum Gasteiger partial charge on any atom is -0.497 e. The van der Waals surface area contributed by atoms with Crippen LogP contribution in [-0.2, 0) is 6.42 Å². The standard InChI is InChI=1S/C12H18N2O/c1-14-6-5-9-3-4-10(15-2)7-11(9)12(14)8-13/h3-4,7,12H,5-6,8,13H2,1-2H3. The Hall–Kier alpha value is -1.06. The summed E-state index contributed by atoms with van der Waals surface area (Å²) >= 11 is 0. The van der Waals surface area contributed by atoms with Crippen LogP contribution < -0.4 is 10.5 Å². The molecular weight excluding hydrogens is 188 g/mol. The van der Waals surface area contributed by atoms with E-state index in [2.05, 4.69) is 24.1 Å². The van der Waals surface area contributed by atoms with E-state index in [0.717, 1.165) is 18.7 Å². The second-order valence-corrected chi connectivity index (χ2v) is 4.05. The SMILES string of the molecule is COc1ccc2c(c1)C(CN)N(C)CC2. The zero-order chi connectivity index (χ0) is 10.8. The van der Waals surface area contributed by atoms with Crippen LogP contribution in [0.1, 0.15) is 17.2 Å². The predicted molar refractivity (Wildman–Crippen MR) is 61.1 cm³/mol. The molecule has 0 aliphatic carbocycles. The Kier molecular flexibility index (Phi) is 2.93. The van der Waals surface area contributed by atoms with Crippen LogP contribution in [0.25, 0.3) is 0 Å². The molecule has 0 amide bonds. The van der Waals surface area contributed by atoms with Gasteiger partial charge >= 0.3 is 0 Å². The average Bonchev–Trinajstić information content (AvgIpc) is 2.28. The summed E-state index contributed by atoms with van der Waals surface area (Å²) in [6, 6.07) is 6.63. The fourth-order valence-electron chi connectivity index (χ4n) is 2.23. The van der Waals surface area contributed by atoms with Gasteiger partial charge in [0, 0.05) is 19.1 Å². The van der Waals surface area contributed by atoms with Crippen LogP contribution in [0, 0.1) is 0 Å². The molecule has 1 heterocycles. The molecular formula is C12H18N2O. The van der Waals surface area contributed by atoms with E-state index in [0.29, 0.717) is 12.6 Å². The summed E-state index contributed by atoms with van der Waals surface area (Å²) in [7, 11) is 3.83. The maximum atomic E-state index is 5.82. The first-order chi connectivity index (χ1) is 7.26. The lowest BCUT2D eigenvalue weighted by atomic mass is 9.93. The number of ether oxygens (including phenoxy) is 1. The number of benzene rings is 1. The van der Waals surface area contributed by atoms with Crippen LogP contribution in [0.5, 0.6) is 5.75 Å². The van der Waals surface area contributed by atoms with Crippen LogP contribution >= 0.6 is 0 Å². The van der Waals surface area contributed by atoms with Crippen LogP contribution in [-0.4, -0.2) is 32.1 Å².